The van der Waals surface area contributed by atoms with E-state index in [-0.39, 0.29) is 19.4 Å². The van der Waals surface area contributed by atoms with Crippen LogP contribution >= 0.6 is 7.82 Å². The zero-order valence-corrected chi connectivity index (χ0v) is 34.2. The Kier molecular flexibility index (Phi) is 37.1. The maximum absolute atomic E-state index is 12.6. The van der Waals surface area contributed by atoms with Gasteiger partial charge in [0.15, 0.2) is 6.10 Å². The second kappa shape index (κ2) is 38.0. The van der Waals surface area contributed by atoms with Crippen LogP contribution < -0.4 is 0 Å². The van der Waals surface area contributed by atoms with Crippen molar-refractivity contribution in [2.24, 2.45) is 0 Å². The molecule has 0 rings (SSSR count). The quantitative estimate of drug-likeness (QED) is 0.0238. The number of rotatable bonds is 40. The molecule has 0 aliphatic carbocycles. The van der Waals surface area contributed by atoms with Crippen LogP contribution in [0.1, 0.15) is 200 Å². The molecule has 0 heterocycles. The van der Waals surface area contributed by atoms with E-state index in [4.69, 9.17) is 19.1 Å². The van der Waals surface area contributed by atoms with Crippen LogP contribution in [0.3, 0.4) is 0 Å². The van der Waals surface area contributed by atoms with Gasteiger partial charge in [-0.2, -0.15) is 0 Å². The molecule has 0 aromatic carbocycles. The Bertz CT molecular complexity index is 884. The van der Waals surface area contributed by atoms with Crippen molar-refractivity contribution in [3.05, 3.63) is 12.2 Å². The third kappa shape index (κ3) is 37.0. The first-order chi connectivity index (χ1) is 25.2. The Balaban J connectivity index is 4.30. The van der Waals surface area contributed by atoms with Crippen molar-refractivity contribution >= 4 is 19.8 Å². The Morgan fingerprint density at radius 1 is 0.558 bits per heavy atom. The van der Waals surface area contributed by atoms with Crippen LogP contribution in [0.25, 0.3) is 0 Å². The highest BCUT2D eigenvalue weighted by Crippen LogP contribution is 2.43. The van der Waals surface area contributed by atoms with Gasteiger partial charge < -0.3 is 24.6 Å². The van der Waals surface area contributed by atoms with Gasteiger partial charge in [-0.15, -0.1) is 0 Å². The van der Waals surface area contributed by atoms with Gasteiger partial charge in [-0.05, 0) is 38.5 Å². The molecule has 52 heavy (non-hydrogen) atoms. The van der Waals surface area contributed by atoms with Gasteiger partial charge in [-0.3, -0.25) is 18.6 Å². The molecule has 0 aromatic rings. The summed E-state index contributed by atoms with van der Waals surface area (Å²) >= 11 is 0. The van der Waals surface area contributed by atoms with Gasteiger partial charge in [-0.1, -0.05) is 161 Å². The maximum atomic E-state index is 12.6. The third-order valence-electron chi connectivity index (χ3n) is 9.17. The van der Waals surface area contributed by atoms with E-state index < -0.39 is 51.8 Å². The molecular formula is C41H79O10P. The summed E-state index contributed by atoms with van der Waals surface area (Å²) in [7, 11) is -4.61. The lowest BCUT2D eigenvalue weighted by atomic mass is 10.0. The number of carbonyl (C=O) groups is 2. The van der Waals surface area contributed by atoms with Gasteiger partial charge in [0.25, 0.3) is 0 Å². The first kappa shape index (κ1) is 50.7. The fourth-order valence-corrected chi connectivity index (χ4v) is 6.66. The zero-order chi connectivity index (χ0) is 38.4. The zero-order valence-electron chi connectivity index (χ0n) is 33.3. The molecule has 3 N–H and O–H groups in total. The number of phosphoric acid groups is 1. The number of hydrogen-bond donors (Lipinski definition) is 3. The number of aliphatic hydroxyl groups is 2. The summed E-state index contributed by atoms with van der Waals surface area (Å²) in [5.74, 6) is -0.926. The summed E-state index contributed by atoms with van der Waals surface area (Å²) in [4.78, 5) is 34.9. The molecule has 0 aliphatic heterocycles. The number of allylic oxidation sites excluding steroid dienone is 2. The van der Waals surface area contributed by atoms with Gasteiger partial charge in [-0.25, -0.2) is 4.57 Å². The predicted octanol–water partition coefficient (Wildman–Crippen LogP) is 10.8. The summed E-state index contributed by atoms with van der Waals surface area (Å²) in [5.41, 5.74) is 0. The molecule has 11 heteroatoms. The first-order valence-corrected chi connectivity index (χ1v) is 22.6. The number of aliphatic hydroxyl groups excluding tert-OH is 2. The Morgan fingerprint density at radius 2 is 0.942 bits per heavy atom. The van der Waals surface area contributed by atoms with Gasteiger partial charge in [0.2, 0.25) is 0 Å². The SMILES string of the molecule is CCCCCCC/C=C\CCCCCCCC(=O)OC[C@H](COP(=O)(O)OC[C@@H](O)CO)OC(=O)CCCCCCCCCCCCCCCCC. The van der Waals surface area contributed by atoms with Gasteiger partial charge in [0, 0.05) is 12.8 Å². The van der Waals surface area contributed by atoms with E-state index in [2.05, 4.69) is 30.5 Å². The van der Waals surface area contributed by atoms with Crippen LogP contribution in [0.2, 0.25) is 0 Å². The van der Waals surface area contributed by atoms with Crippen LogP contribution in [0.5, 0.6) is 0 Å². The Labute approximate surface area is 317 Å². The molecule has 0 saturated heterocycles. The summed E-state index contributed by atoms with van der Waals surface area (Å²) in [5, 5.41) is 18.3. The summed E-state index contributed by atoms with van der Waals surface area (Å²) in [6, 6.07) is 0. The lowest BCUT2D eigenvalue weighted by Crippen LogP contribution is -2.29. The summed E-state index contributed by atoms with van der Waals surface area (Å²) < 4.78 is 32.7. The van der Waals surface area contributed by atoms with E-state index in [1.165, 1.54) is 109 Å². The van der Waals surface area contributed by atoms with Crippen molar-refractivity contribution in [3.8, 4) is 0 Å². The standard InChI is InChI=1S/C41H79O10P/c1-3-5-7-9-11-13-15-17-19-21-23-25-27-29-31-33-41(45)51-39(37-50-52(46,47)49-35-38(43)34-42)36-48-40(44)32-30-28-26-24-22-20-18-16-14-12-10-8-6-4-2/h16,18,38-39,42-43H,3-15,17,19-37H2,1-2H3,(H,46,47)/b18-16-/t38-,39+/m0/s1. The lowest BCUT2D eigenvalue weighted by molar-refractivity contribution is -0.161. The van der Waals surface area contributed by atoms with E-state index in [0.29, 0.717) is 12.8 Å². The summed E-state index contributed by atoms with van der Waals surface area (Å²) in [6.45, 7) is 2.38. The minimum absolute atomic E-state index is 0.188. The molecule has 0 amide bonds. The van der Waals surface area contributed by atoms with Gasteiger partial charge in [0.1, 0.15) is 12.7 Å². The highest BCUT2D eigenvalue weighted by atomic mass is 31.2. The molecule has 3 atom stereocenters. The van der Waals surface area contributed by atoms with Crippen molar-refractivity contribution in [2.45, 2.75) is 212 Å². The number of esters is 2. The molecule has 0 spiro atoms. The van der Waals surface area contributed by atoms with E-state index in [1.54, 1.807) is 0 Å². The van der Waals surface area contributed by atoms with Crippen LogP contribution in [0.15, 0.2) is 12.2 Å². The van der Waals surface area contributed by atoms with E-state index in [0.717, 1.165) is 51.4 Å². The van der Waals surface area contributed by atoms with Crippen LogP contribution in [0.4, 0.5) is 0 Å². The fraction of sp³-hybridized carbons (Fsp3) is 0.902. The smallest absolute Gasteiger partial charge is 0.462 e. The van der Waals surface area contributed by atoms with Crippen LogP contribution in [-0.4, -0.2) is 65.7 Å². The average molecular weight is 763 g/mol. The van der Waals surface area contributed by atoms with Crippen LogP contribution in [-0.2, 0) is 32.7 Å². The lowest BCUT2D eigenvalue weighted by Gasteiger charge is -2.20. The normalized spacial score (nSPS) is 14.0. The molecule has 0 bridgehead atoms. The molecular weight excluding hydrogens is 683 g/mol. The van der Waals surface area contributed by atoms with Crippen molar-refractivity contribution in [2.75, 3.05) is 26.4 Å². The molecule has 1 unspecified atom stereocenters. The minimum atomic E-state index is -4.61. The summed E-state index contributed by atoms with van der Waals surface area (Å²) in [6.07, 6.45) is 34.6. The molecule has 0 aromatic heterocycles. The highest BCUT2D eigenvalue weighted by molar-refractivity contribution is 7.47. The molecule has 10 nitrogen and oxygen atoms in total. The van der Waals surface area contributed by atoms with Gasteiger partial charge in [0.05, 0.1) is 19.8 Å². The third-order valence-corrected chi connectivity index (χ3v) is 10.1. The topological polar surface area (TPSA) is 149 Å². The molecule has 0 fully saturated rings. The second-order valence-electron chi connectivity index (χ2n) is 14.4. The molecule has 308 valence electrons. The molecule has 0 saturated carbocycles. The largest absolute Gasteiger partial charge is 0.472 e. The fourth-order valence-electron chi connectivity index (χ4n) is 5.87. The van der Waals surface area contributed by atoms with E-state index in [1.807, 2.05) is 0 Å². The first-order valence-electron chi connectivity index (χ1n) is 21.1. The maximum Gasteiger partial charge on any atom is 0.472 e. The van der Waals surface area contributed by atoms with Crippen LogP contribution in [0, 0.1) is 0 Å². The van der Waals surface area contributed by atoms with E-state index >= 15 is 0 Å². The molecule has 0 radical (unpaired) electrons. The number of carbonyl (C=O) groups excluding carboxylic acids is 2. The predicted molar refractivity (Wildman–Crippen MR) is 210 cm³/mol. The van der Waals surface area contributed by atoms with E-state index in [9.17, 15) is 24.2 Å². The number of ether oxygens (including phenoxy) is 2. The highest BCUT2D eigenvalue weighted by Gasteiger charge is 2.27. The van der Waals surface area contributed by atoms with Gasteiger partial charge >= 0.3 is 19.8 Å². The number of phosphoric ester groups is 1. The van der Waals surface area contributed by atoms with Crippen molar-refractivity contribution in [1.29, 1.82) is 0 Å². The molecule has 0 aliphatic rings. The Morgan fingerprint density at radius 3 is 1.38 bits per heavy atom. The average Bonchev–Trinajstić information content (AvgIpc) is 3.13. The second-order valence-corrected chi connectivity index (χ2v) is 15.8. The number of hydrogen-bond acceptors (Lipinski definition) is 9. The van der Waals surface area contributed by atoms with Crippen molar-refractivity contribution in [1.82, 2.24) is 0 Å². The minimum Gasteiger partial charge on any atom is -0.462 e. The number of unbranched alkanes of at least 4 members (excludes halogenated alkanes) is 24. The Hall–Kier alpha value is -1.29. The van der Waals surface area contributed by atoms with Crippen molar-refractivity contribution in [3.63, 3.8) is 0 Å². The monoisotopic (exact) mass is 763 g/mol. The van der Waals surface area contributed by atoms with Crippen molar-refractivity contribution < 1.29 is 47.8 Å².